The normalized spacial score (nSPS) is 22.6. The number of hydrogen-bond acceptors (Lipinski definition) is 8. The van der Waals surface area contributed by atoms with Crippen molar-refractivity contribution in [2.75, 3.05) is 75.3 Å². The zero-order valence-electron chi connectivity index (χ0n) is 20.8. The van der Waals surface area contributed by atoms with E-state index in [0.717, 1.165) is 62.1 Å². The second-order valence-electron chi connectivity index (χ2n) is 9.83. The van der Waals surface area contributed by atoms with Crippen molar-refractivity contribution >= 4 is 21.7 Å². The molecule has 2 aromatic rings. The maximum atomic E-state index is 13.2. The van der Waals surface area contributed by atoms with Crippen molar-refractivity contribution in [1.29, 1.82) is 0 Å². The van der Waals surface area contributed by atoms with Gasteiger partial charge in [-0.3, -0.25) is 4.90 Å². The lowest BCUT2D eigenvalue weighted by atomic mass is 10.2. The molecule has 3 saturated heterocycles. The summed E-state index contributed by atoms with van der Waals surface area (Å²) in [7, 11) is -3.50. The molecule has 0 aliphatic carbocycles. The second-order valence-corrected chi connectivity index (χ2v) is 11.7. The van der Waals surface area contributed by atoms with Crippen LogP contribution >= 0.6 is 0 Å². The third kappa shape index (κ3) is 5.45. The number of piperazine rings is 2. The van der Waals surface area contributed by atoms with Crippen LogP contribution in [0.25, 0.3) is 0 Å². The van der Waals surface area contributed by atoms with Crippen LogP contribution in [0.15, 0.2) is 35.2 Å². The fourth-order valence-corrected chi connectivity index (χ4v) is 6.90. The molecule has 0 N–H and O–H groups in total. The van der Waals surface area contributed by atoms with Gasteiger partial charge in [0.25, 0.3) is 0 Å². The highest BCUT2D eigenvalue weighted by Crippen LogP contribution is 2.24. The Labute approximate surface area is 208 Å². The van der Waals surface area contributed by atoms with Crippen LogP contribution in [0, 0.1) is 13.8 Å². The number of aromatic nitrogens is 2. The van der Waals surface area contributed by atoms with Crippen LogP contribution in [0.5, 0.6) is 0 Å². The zero-order valence-corrected chi connectivity index (χ0v) is 21.6. The predicted octanol–water partition coefficient (Wildman–Crippen LogP) is 1.91. The average Bonchev–Trinajstić information content (AvgIpc) is 3.38. The summed E-state index contributed by atoms with van der Waals surface area (Å²) >= 11 is 0. The third-order valence-electron chi connectivity index (χ3n) is 7.33. The van der Waals surface area contributed by atoms with Crippen molar-refractivity contribution in [2.24, 2.45) is 0 Å². The van der Waals surface area contributed by atoms with E-state index in [1.165, 1.54) is 12.8 Å². The van der Waals surface area contributed by atoms with Crippen LogP contribution in [0.4, 0.5) is 11.6 Å². The molecule has 10 heteroatoms. The van der Waals surface area contributed by atoms with Gasteiger partial charge in [-0.05, 0) is 50.5 Å². The van der Waals surface area contributed by atoms with Gasteiger partial charge in [0.05, 0.1) is 11.0 Å². The fourth-order valence-electron chi connectivity index (χ4n) is 5.28. The van der Waals surface area contributed by atoms with Crippen LogP contribution < -0.4 is 9.80 Å². The van der Waals surface area contributed by atoms with E-state index >= 15 is 0 Å². The van der Waals surface area contributed by atoms with Gasteiger partial charge in [0.15, 0.2) is 11.6 Å². The molecular weight excluding hydrogens is 464 g/mol. The maximum absolute atomic E-state index is 13.2. The molecule has 0 saturated carbocycles. The molecule has 0 bridgehead atoms. The van der Waals surface area contributed by atoms with Crippen molar-refractivity contribution < 1.29 is 13.2 Å². The molecule has 1 atom stereocenters. The first kappa shape index (κ1) is 24.4. The maximum Gasteiger partial charge on any atom is 0.243 e. The van der Waals surface area contributed by atoms with Gasteiger partial charge in [-0.1, -0.05) is 17.7 Å². The Balaban J connectivity index is 1.14. The summed E-state index contributed by atoms with van der Waals surface area (Å²) in [6.07, 6.45) is 2.76. The lowest BCUT2D eigenvalue weighted by molar-refractivity contribution is 0.0712. The van der Waals surface area contributed by atoms with Gasteiger partial charge >= 0.3 is 0 Å². The number of rotatable bonds is 6. The van der Waals surface area contributed by atoms with Crippen molar-refractivity contribution in [3.05, 3.63) is 41.5 Å². The topological polar surface area (TPSA) is 82.1 Å². The predicted molar refractivity (Wildman–Crippen MR) is 137 cm³/mol. The second kappa shape index (κ2) is 10.4. The van der Waals surface area contributed by atoms with Gasteiger partial charge in [0.1, 0.15) is 0 Å². The van der Waals surface area contributed by atoms with Gasteiger partial charge in [-0.25, -0.2) is 8.42 Å². The number of aryl methyl sites for hydroxylation is 2. The SMILES string of the molecule is Cc1ccc(S(=O)(=O)N2CCN(c3ccc(N4CCN(CC5CCCO5)CC4)nn3)CC2)c(C)c1. The number of benzene rings is 1. The quantitative estimate of drug-likeness (QED) is 0.595. The molecule has 4 heterocycles. The molecule has 0 spiro atoms. The largest absolute Gasteiger partial charge is 0.377 e. The number of hydrogen-bond donors (Lipinski definition) is 0. The molecule has 190 valence electrons. The van der Waals surface area contributed by atoms with E-state index in [1.54, 1.807) is 10.4 Å². The van der Waals surface area contributed by atoms with Gasteiger partial charge in [-0.2, -0.15) is 4.31 Å². The summed E-state index contributed by atoms with van der Waals surface area (Å²) in [6, 6.07) is 9.55. The summed E-state index contributed by atoms with van der Waals surface area (Å²) < 4.78 is 33.7. The van der Waals surface area contributed by atoms with Gasteiger partial charge in [0, 0.05) is 65.5 Å². The van der Waals surface area contributed by atoms with E-state index in [2.05, 4.69) is 24.9 Å². The molecule has 0 amide bonds. The van der Waals surface area contributed by atoms with Crippen molar-refractivity contribution in [2.45, 2.75) is 37.7 Å². The molecule has 1 aromatic carbocycles. The van der Waals surface area contributed by atoms with Crippen LogP contribution in [0.3, 0.4) is 0 Å². The number of nitrogens with zero attached hydrogens (tertiary/aromatic N) is 6. The Morgan fingerprint density at radius 3 is 2.06 bits per heavy atom. The Kier molecular flexibility index (Phi) is 7.24. The van der Waals surface area contributed by atoms with E-state index in [1.807, 2.05) is 38.1 Å². The Hall–Kier alpha value is -2.27. The summed E-state index contributed by atoms with van der Waals surface area (Å²) in [6.45, 7) is 11.7. The van der Waals surface area contributed by atoms with Crippen molar-refractivity contribution in [1.82, 2.24) is 19.4 Å². The minimum absolute atomic E-state index is 0.400. The number of anilines is 2. The van der Waals surface area contributed by atoms with Crippen molar-refractivity contribution in [3.63, 3.8) is 0 Å². The van der Waals surface area contributed by atoms with Crippen LogP contribution in [-0.4, -0.2) is 99.4 Å². The first-order valence-electron chi connectivity index (χ1n) is 12.7. The first-order valence-corrected chi connectivity index (χ1v) is 14.1. The van der Waals surface area contributed by atoms with Crippen LogP contribution in [0.2, 0.25) is 0 Å². The van der Waals surface area contributed by atoms with E-state index < -0.39 is 10.0 Å². The van der Waals surface area contributed by atoms with Crippen LogP contribution in [-0.2, 0) is 14.8 Å². The highest BCUT2D eigenvalue weighted by Gasteiger charge is 2.30. The molecule has 35 heavy (non-hydrogen) atoms. The van der Waals surface area contributed by atoms with E-state index in [-0.39, 0.29) is 0 Å². The highest BCUT2D eigenvalue weighted by atomic mass is 32.2. The third-order valence-corrected chi connectivity index (χ3v) is 9.39. The minimum Gasteiger partial charge on any atom is -0.377 e. The van der Waals surface area contributed by atoms with E-state index in [0.29, 0.717) is 37.2 Å². The smallest absolute Gasteiger partial charge is 0.243 e. The molecule has 9 nitrogen and oxygen atoms in total. The van der Waals surface area contributed by atoms with Gasteiger partial charge in [0.2, 0.25) is 10.0 Å². The van der Waals surface area contributed by atoms with Gasteiger partial charge < -0.3 is 14.5 Å². The fraction of sp³-hybridized carbons (Fsp3) is 0.600. The van der Waals surface area contributed by atoms with E-state index in [9.17, 15) is 8.42 Å². The molecule has 0 radical (unpaired) electrons. The van der Waals surface area contributed by atoms with Gasteiger partial charge in [-0.15, -0.1) is 10.2 Å². The summed E-state index contributed by atoms with van der Waals surface area (Å²) in [5.41, 5.74) is 1.86. The lowest BCUT2D eigenvalue weighted by Gasteiger charge is -2.36. The number of ether oxygens (including phenoxy) is 1. The molecule has 1 unspecified atom stereocenters. The Bertz CT molecular complexity index is 1100. The molecular formula is C25H36N6O3S. The summed E-state index contributed by atoms with van der Waals surface area (Å²) in [4.78, 5) is 7.29. The summed E-state index contributed by atoms with van der Waals surface area (Å²) in [5.74, 6) is 1.70. The highest BCUT2D eigenvalue weighted by molar-refractivity contribution is 7.89. The Morgan fingerprint density at radius 1 is 0.886 bits per heavy atom. The lowest BCUT2D eigenvalue weighted by Crippen LogP contribution is -2.49. The van der Waals surface area contributed by atoms with E-state index in [4.69, 9.17) is 4.74 Å². The molecule has 3 fully saturated rings. The molecule has 1 aromatic heterocycles. The zero-order chi connectivity index (χ0) is 24.4. The minimum atomic E-state index is -3.50. The first-order chi connectivity index (χ1) is 16.9. The molecule has 3 aliphatic rings. The molecule has 5 rings (SSSR count). The number of sulfonamides is 1. The average molecular weight is 501 g/mol. The monoisotopic (exact) mass is 500 g/mol. The summed E-state index contributed by atoms with van der Waals surface area (Å²) in [5, 5.41) is 8.98. The van der Waals surface area contributed by atoms with Crippen molar-refractivity contribution in [3.8, 4) is 0 Å². The molecule has 3 aliphatic heterocycles. The standard InChI is InChI=1S/C25H36N6O3S/c1-20-5-6-23(21(2)18-20)35(32,33)31-15-13-30(14-16-31)25-8-7-24(26-27-25)29-11-9-28(10-12-29)19-22-4-3-17-34-22/h5-8,18,22H,3-4,9-17,19H2,1-2H3. The Morgan fingerprint density at radius 2 is 1.51 bits per heavy atom. The van der Waals surface area contributed by atoms with Crippen LogP contribution in [0.1, 0.15) is 24.0 Å².